The number of nitrogens with zero attached hydrogens (tertiary/aromatic N) is 2. The van der Waals surface area contributed by atoms with E-state index in [-0.39, 0.29) is 18.4 Å². The monoisotopic (exact) mass is 455 g/mol. The van der Waals surface area contributed by atoms with Crippen LogP contribution in [0.3, 0.4) is 0 Å². The lowest BCUT2D eigenvalue weighted by Crippen LogP contribution is -2.48. The fourth-order valence-corrected chi connectivity index (χ4v) is 3.83. The van der Waals surface area contributed by atoms with Gasteiger partial charge in [0, 0.05) is 43.6 Å². The van der Waals surface area contributed by atoms with Crippen LogP contribution in [-0.4, -0.2) is 49.5 Å². The molecule has 0 unspecified atom stereocenters. The molecule has 0 spiro atoms. The molecule has 0 bridgehead atoms. The number of carbonyl (C=O) groups excluding carboxylic acids is 2. The lowest BCUT2D eigenvalue weighted by molar-refractivity contribution is -0.126. The molecule has 174 valence electrons. The molecule has 34 heavy (non-hydrogen) atoms. The van der Waals surface area contributed by atoms with Gasteiger partial charge in [0.1, 0.15) is 5.75 Å². The summed E-state index contributed by atoms with van der Waals surface area (Å²) < 4.78 is 5.55. The van der Waals surface area contributed by atoms with E-state index < -0.39 is 0 Å². The maximum absolute atomic E-state index is 12.5. The van der Waals surface area contributed by atoms with Gasteiger partial charge in [-0.2, -0.15) is 0 Å². The number of nitrogens with one attached hydrogen (secondary N) is 1. The molecule has 0 aliphatic carbocycles. The van der Waals surface area contributed by atoms with E-state index in [1.165, 1.54) is 0 Å². The van der Waals surface area contributed by atoms with Crippen molar-refractivity contribution in [1.82, 2.24) is 4.90 Å². The molecule has 6 heteroatoms. The number of aryl methyl sites for hydroxylation is 1. The van der Waals surface area contributed by atoms with E-state index in [1.54, 1.807) is 6.08 Å². The van der Waals surface area contributed by atoms with Crippen LogP contribution in [0, 0.1) is 6.92 Å². The van der Waals surface area contributed by atoms with Gasteiger partial charge in [0.25, 0.3) is 5.91 Å². The molecule has 1 saturated heterocycles. The average Bonchev–Trinajstić information content (AvgIpc) is 2.87. The van der Waals surface area contributed by atoms with Crippen molar-refractivity contribution in [2.24, 2.45) is 0 Å². The van der Waals surface area contributed by atoms with E-state index in [9.17, 15) is 9.59 Å². The number of piperazine rings is 1. The zero-order chi connectivity index (χ0) is 23.8. The number of amides is 2. The van der Waals surface area contributed by atoms with Crippen molar-refractivity contribution in [3.63, 3.8) is 0 Å². The summed E-state index contributed by atoms with van der Waals surface area (Å²) in [6, 6.07) is 25.2. The van der Waals surface area contributed by atoms with E-state index in [4.69, 9.17) is 4.74 Å². The highest BCUT2D eigenvalue weighted by Crippen LogP contribution is 2.20. The van der Waals surface area contributed by atoms with Gasteiger partial charge in [-0.3, -0.25) is 9.59 Å². The van der Waals surface area contributed by atoms with Gasteiger partial charge in [0.2, 0.25) is 5.91 Å². The Morgan fingerprint density at radius 3 is 2.35 bits per heavy atom. The normalized spacial score (nSPS) is 13.7. The SMILES string of the molecule is Cc1cccc(OCC(=O)Nc2ccc(N3CCN(C(=O)/C=C/c4ccccc4)CC3)cc2)c1. The zero-order valence-corrected chi connectivity index (χ0v) is 19.3. The Kier molecular flexibility index (Phi) is 7.60. The van der Waals surface area contributed by atoms with Crippen LogP contribution in [-0.2, 0) is 9.59 Å². The summed E-state index contributed by atoms with van der Waals surface area (Å²) in [7, 11) is 0. The predicted molar refractivity (Wildman–Crippen MR) is 136 cm³/mol. The minimum atomic E-state index is -0.204. The van der Waals surface area contributed by atoms with Crippen molar-refractivity contribution in [1.29, 1.82) is 0 Å². The molecule has 2 amide bonds. The van der Waals surface area contributed by atoms with Crippen molar-refractivity contribution in [3.8, 4) is 5.75 Å². The smallest absolute Gasteiger partial charge is 0.262 e. The quantitative estimate of drug-likeness (QED) is 0.538. The summed E-state index contributed by atoms with van der Waals surface area (Å²) in [6.07, 6.45) is 3.50. The fraction of sp³-hybridized carbons (Fsp3) is 0.214. The lowest BCUT2D eigenvalue weighted by atomic mass is 10.2. The van der Waals surface area contributed by atoms with Crippen LogP contribution in [0.1, 0.15) is 11.1 Å². The third kappa shape index (κ3) is 6.48. The first-order valence-corrected chi connectivity index (χ1v) is 11.4. The second-order valence-electron chi connectivity index (χ2n) is 8.26. The summed E-state index contributed by atoms with van der Waals surface area (Å²) in [5.74, 6) is 0.512. The Bertz CT molecular complexity index is 1140. The Labute approximate surface area is 200 Å². The van der Waals surface area contributed by atoms with Crippen LogP contribution in [0.15, 0.2) is 84.9 Å². The molecule has 1 aliphatic rings. The van der Waals surface area contributed by atoms with Crippen molar-refractivity contribution in [3.05, 3.63) is 96.1 Å². The van der Waals surface area contributed by atoms with E-state index >= 15 is 0 Å². The van der Waals surface area contributed by atoms with Crippen LogP contribution < -0.4 is 15.0 Å². The first kappa shape index (κ1) is 23.1. The maximum Gasteiger partial charge on any atom is 0.262 e. The van der Waals surface area contributed by atoms with Crippen LogP contribution in [0.25, 0.3) is 6.08 Å². The third-order valence-electron chi connectivity index (χ3n) is 5.68. The molecule has 3 aromatic rings. The van der Waals surface area contributed by atoms with Crippen molar-refractivity contribution >= 4 is 29.3 Å². The van der Waals surface area contributed by atoms with Gasteiger partial charge < -0.3 is 19.9 Å². The highest BCUT2D eigenvalue weighted by Gasteiger charge is 2.20. The molecule has 0 atom stereocenters. The Morgan fingerprint density at radius 2 is 1.65 bits per heavy atom. The largest absolute Gasteiger partial charge is 0.484 e. The highest BCUT2D eigenvalue weighted by molar-refractivity contribution is 5.92. The second kappa shape index (κ2) is 11.2. The Hall–Kier alpha value is -4.06. The van der Waals surface area contributed by atoms with E-state index in [0.29, 0.717) is 18.8 Å². The molecule has 1 N–H and O–H groups in total. The van der Waals surface area contributed by atoms with Gasteiger partial charge in [0.05, 0.1) is 0 Å². The van der Waals surface area contributed by atoms with Crippen LogP contribution in [0.4, 0.5) is 11.4 Å². The number of benzene rings is 3. The molecule has 0 aromatic heterocycles. The van der Waals surface area contributed by atoms with Gasteiger partial charge in [0.15, 0.2) is 6.61 Å². The van der Waals surface area contributed by atoms with Crippen LogP contribution in [0.2, 0.25) is 0 Å². The van der Waals surface area contributed by atoms with Crippen molar-refractivity contribution < 1.29 is 14.3 Å². The Balaban J connectivity index is 1.23. The lowest BCUT2D eigenvalue weighted by Gasteiger charge is -2.35. The molecular formula is C28H29N3O3. The van der Waals surface area contributed by atoms with Gasteiger partial charge in [-0.1, -0.05) is 42.5 Å². The summed E-state index contributed by atoms with van der Waals surface area (Å²) in [4.78, 5) is 28.8. The van der Waals surface area contributed by atoms with Crippen LogP contribution >= 0.6 is 0 Å². The van der Waals surface area contributed by atoms with Gasteiger partial charge >= 0.3 is 0 Å². The molecule has 0 radical (unpaired) electrons. The molecule has 1 aliphatic heterocycles. The summed E-state index contributed by atoms with van der Waals surface area (Å²) in [6.45, 7) is 4.82. The molecular weight excluding hydrogens is 426 g/mol. The minimum absolute atomic E-state index is 0.0365. The highest BCUT2D eigenvalue weighted by atomic mass is 16.5. The van der Waals surface area contributed by atoms with E-state index in [2.05, 4.69) is 10.2 Å². The summed E-state index contributed by atoms with van der Waals surface area (Å²) >= 11 is 0. The molecule has 4 rings (SSSR count). The first-order chi connectivity index (χ1) is 16.6. The van der Waals surface area contributed by atoms with Crippen LogP contribution in [0.5, 0.6) is 5.75 Å². The average molecular weight is 456 g/mol. The number of hydrogen-bond acceptors (Lipinski definition) is 4. The molecule has 6 nitrogen and oxygen atoms in total. The second-order valence-corrected chi connectivity index (χ2v) is 8.26. The van der Waals surface area contributed by atoms with Gasteiger partial charge in [-0.05, 0) is 60.5 Å². The van der Waals surface area contributed by atoms with E-state index in [1.807, 2.05) is 96.8 Å². The van der Waals surface area contributed by atoms with Crippen molar-refractivity contribution in [2.45, 2.75) is 6.92 Å². The molecule has 1 fully saturated rings. The first-order valence-electron chi connectivity index (χ1n) is 11.4. The summed E-state index contributed by atoms with van der Waals surface area (Å²) in [5, 5.41) is 2.86. The number of ether oxygens (including phenoxy) is 1. The number of carbonyl (C=O) groups is 2. The minimum Gasteiger partial charge on any atom is -0.484 e. The number of hydrogen-bond donors (Lipinski definition) is 1. The van der Waals surface area contributed by atoms with Crippen molar-refractivity contribution in [2.75, 3.05) is 43.0 Å². The Morgan fingerprint density at radius 1 is 0.912 bits per heavy atom. The van der Waals surface area contributed by atoms with Gasteiger partial charge in [-0.25, -0.2) is 0 Å². The third-order valence-corrected chi connectivity index (χ3v) is 5.68. The zero-order valence-electron chi connectivity index (χ0n) is 19.3. The molecule has 1 heterocycles. The maximum atomic E-state index is 12.5. The summed E-state index contributed by atoms with van der Waals surface area (Å²) in [5.41, 5.74) is 3.90. The number of anilines is 2. The molecule has 3 aromatic carbocycles. The predicted octanol–water partition coefficient (Wildman–Crippen LogP) is 4.37. The topological polar surface area (TPSA) is 61.9 Å². The fourth-order valence-electron chi connectivity index (χ4n) is 3.83. The number of rotatable bonds is 7. The van der Waals surface area contributed by atoms with E-state index in [0.717, 1.165) is 35.6 Å². The van der Waals surface area contributed by atoms with Gasteiger partial charge in [-0.15, -0.1) is 0 Å². The molecule has 0 saturated carbocycles. The standard InChI is InChI=1S/C28H29N3O3/c1-22-6-5-9-26(20-22)34-21-27(32)29-24-11-13-25(14-12-24)30-16-18-31(19-17-30)28(33)15-10-23-7-3-2-4-8-23/h2-15,20H,16-19,21H2,1H3,(H,29,32)/b15-10+.